The number of rotatable bonds is 8. The third-order valence-electron chi connectivity index (χ3n) is 3.94. The molecule has 0 aliphatic carbocycles. The van der Waals surface area contributed by atoms with Crippen molar-refractivity contribution < 1.29 is 14.6 Å². The van der Waals surface area contributed by atoms with Crippen LogP contribution >= 0.6 is 0 Å². The molecule has 0 bridgehead atoms. The summed E-state index contributed by atoms with van der Waals surface area (Å²) in [5.74, 6) is 0.578. The first-order valence-electron chi connectivity index (χ1n) is 8.28. The summed E-state index contributed by atoms with van der Waals surface area (Å²) in [5, 5.41) is 10.3. The summed E-state index contributed by atoms with van der Waals surface area (Å²) in [6, 6.07) is 15.0. The van der Waals surface area contributed by atoms with Crippen molar-refractivity contribution in [2.24, 2.45) is 0 Å². The number of aliphatic hydroxyl groups excluding tert-OH is 1. The predicted octanol–water partition coefficient (Wildman–Crippen LogP) is 2.83. The van der Waals surface area contributed by atoms with E-state index in [4.69, 9.17) is 4.74 Å². The zero-order valence-corrected chi connectivity index (χ0v) is 15.3. The lowest BCUT2D eigenvalue weighted by Crippen LogP contribution is -2.33. The van der Waals surface area contributed by atoms with Gasteiger partial charge >= 0.3 is 0 Å². The van der Waals surface area contributed by atoms with Crippen molar-refractivity contribution >= 4 is 17.2 Å². The first-order chi connectivity index (χ1) is 11.9. The summed E-state index contributed by atoms with van der Waals surface area (Å²) in [6.45, 7) is 2.12. The average Bonchev–Trinajstić information content (AvgIpc) is 2.60. The fourth-order valence-corrected chi connectivity index (χ4v) is 2.63. The maximum absolute atomic E-state index is 11.4. The Balaban J connectivity index is 1.95. The molecular formula is C20H26N2O3. The quantitative estimate of drug-likeness (QED) is 0.748. The van der Waals surface area contributed by atoms with E-state index < -0.39 is 6.10 Å². The first kappa shape index (κ1) is 18.8. The molecule has 5 nitrogen and oxygen atoms in total. The van der Waals surface area contributed by atoms with Crippen molar-refractivity contribution in [1.29, 1.82) is 0 Å². The van der Waals surface area contributed by atoms with Gasteiger partial charge in [0.05, 0.1) is 11.4 Å². The van der Waals surface area contributed by atoms with Crippen LogP contribution in [-0.4, -0.2) is 51.3 Å². The molecule has 1 atom stereocenters. The van der Waals surface area contributed by atoms with E-state index in [0.29, 0.717) is 17.9 Å². The minimum absolute atomic E-state index is 0.00831. The second-order valence-electron chi connectivity index (χ2n) is 6.31. The van der Waals surface area contributed by atoms with Crippen LogP contribution in [0.25, 0.3) is 0 Å². The van der Waals surface area contributed by atoms with E-state index in [1.54, 1.807) is 24.3 Å². The number of hydrogen-bond donors (Lipinski definition) is 1. The predicted molar refractivity (Wildman–Crippen MR) is 102 cm³/mol. The van der Waals surface area contributed by atoms with Gasteiger partial charge < -0.3 is 19.6 Å². The Hall–Kier alpha value is -2.53. The number of carbonyl (C=O) groups is 1. The fourth-order valence-electron chi connectivity index (χ4n) is 2.63. The summed E-state index contributed by atoms with van der Waals surface area (Å²) >= 11 is 0. The second kappa shape index (κ2) is 8.53. The number of nitrogens with zero attached hydrogens (tertiary/aromatic N) is 2. The van der Waals surface area contributed by atoms with Crippen LogP contribution in [0.2, 0.25) is 0 Å². The Kier molecular flexibility index (Phi) is 6.42. The third-order valence-corrected chi connectivity index (χ3v) is 3.94. The smallest absolute Gasteiger partial charge is 0.159 e. The highest BCUT2D eigenvalue weighted by Gasteiger charge is 2.13. The second-order valence-corrected chi connectivity index (χ2v) is 6.31. The summed E-state index contributed by atoms with van der Waals surface area (Å²) in [5.41, 5.74) is 2.74. The maximum Gasteiger partial charge on any atom is 0.159 e. The zero-order chi connectivity index (χ0) is 18.4. The van der Waals surface area contributed by atoms with Crippen molar-refractivity contribution in [2.75, 3.05) is 44.1 Å². The Morgan fingerprint density at radius 1 is 1.08 bits per heavy atom. The number of carbonyl (C=O) groups excluding carboxylic acids is 1. The molecule has 0 heterocycles. The van der Waals surface area contributed by atoms with Crippen molar-refractivity contribution in [3.05, 3.63) is 54.1 Å². The van der Waals surface area contributed by atoms with E-state index >= 15 is 0 Å². The van der Waals surface area contributed by atoms with Gasteiger partial charge in [-0.3, -0.25) is 4.79 Å². The number of ketones is 1. The Morgan fingerprint density at radius 3 is 2.40 bits per heavy atom. The Morgan fingerprint density at radius 2 is 1.76 bits per heavy atom. The van der Waals surface area contributed by atoms with Crippen molar-refractivity contribution in [2.45, 2.75) is 13.0 Å². The molecule has 0 saturated carbocycles. The largest absolute Gasteiger partial charge is 0.491 e. The molecule has 0 aromatic heterocycles. The van der Waals surface area contributed by atoms with Crippen LogP contribution in [-0.2, 0) is 0 Å². The van der Waals surface area contributed by atoms with Crippen LogP contribution in [0.15, 0.2) is 48.5 Å². The molecule has 1 unspecified atom stereocenters. The first-order valence-corrected chi connectivity index (χ1v) is 8.28. The van der Waals surface area contributed by atoms with Gasteiger partial charge in [-0.1, -0.05) is 24.3 Å². The number of hydrogen-bond acceptors (Lipinski definition) is 5. The number of aliphatic hydroxyl groups is 1. The molecule has 0 fully saturated rings. The normalized spacial score (nSPS) is 11.7. The molecule has 2 aromatic carbocycles. The molecule has 2 rings (SSSR count). The van der Waals surface area contributed by atoms with Gasteiger partial charge in [-0.25, -0.2) is 0 Å². The lowest BCUT2D eigenvalue weighted by Gasteiger charge is -2.27. The molecule has 0 aliphatic heterocycles. The van der Waals surface area contributed by atoms with E-state index in [1.807, 2.05) is 55.2 Å². The van der Waals surface area contributed by atoms with E-state index in [0.717, 1.165) is 11.4 Å². The van der Waals surface area contributed by atoms with E-state index in [2.05, 4.69) is 0 Å². The lowest BCUT2D eigenvalue weighted by atomic mass is 10.1. The minimum atomic E-state index is -0.652. The highest BCUT2D eigenvalue weighted by atomic mass is 16.5. The van der Waals surface area contributed by atoms with Crippen LogP contribution < -0.4 is 14.5 Å². The summed E-state index contributed by atoms with van der Waals surface area (Å²) in [4.78, 5) is 15.5. The van der Waals surface area contributed by atoms with Gasteiger partial charge in [0.1, 0.15) is 18.5 Å². The fraction of sp³-hybridized carbons (Fsp3) is 0.350. The number of likely N-dealkylation sites (N-methyl/N-ethyl adjacent to an activating group) is 1. The molecule has 25 heavy (non-hydrogen) atoms. The number of anilines is 2. The monoisotopic (exact) mass is 342 g/mol. The van der Waals surface area contributed by atoms with Crippen LogP contribution in [0.1, 0.15) is 17.3 Å². The molecule has 0 radical (unpaired) electrons. The molecule has 0 saturated heterocycles. The summed E-state index contributed by atoms with van der Waals surface area (Å²) < 4.78 is 5.63. The SMILES string of the molecule is CC(=O)c1cccc(OCC(O)CN(C)c2ccccc2N(C)C)c1. The molecule has 0 amide bonds. The zero-order valence-electron chi connectivity index (χ0n) is 15.3. The van der Waals surface area contributed by atoms with E-state index in [9.17, 15) is 9.90 Å². The molecule has 134 valence electrons. The summed E-state index contributed by atoms with van der Waals surface area (Å²) in [6.07, 6.45) is -0.652. The maximum atomic E-state index is 11.4. The van der Waals surface area contributed by atoms with Crippen LogP contribution in [0, 0.1) is 0 Å². The topological polar surface area (TPSA) is 53.0 Å². The van der Waals surface area contributed by atoms with Gasteiger partial charge in [-0.15, -0.1) is 0 Å². The Labute approximate surface area is 149 Å². The average molecular weight is 342 g/mol. The number of ether oxygens (including phenoxy) is 1. The molecule has 0 aliphatic rings. The van der Waals surface area contributed by atoms with Gasteiger partial charge in [-0.2, -0.15) is 0 Å². The lowest BCUT2D eigenvalue weighted by molar-refractivity contribution is 0.101. The van der Waals surface area contributed by atoms with Crippen LogP contribution in [0.4, 0.5) is 11.4 Å². The number of Topliss-reactive ketones (excluding diaryl/α,β-unsaturated/α-hetero) is 1. The van der Waals surface area contributed by atoms with Gasteiger partial charge in [0, 0.05) is 33.3 Å². The molecule has 2 aromatic rings. The molecule has 5 heteroatoms. The highest BCUT2D eigenvalue weighted by Crippen LogP contribution is 2.26. The van der Waals surface area contributed by atoms with Gasteiger partial charge in [0.25, 0.3) is 0 Å². The Bertz CT molecular complexity index is 716. The van der Waals surface area contributed by atoms with Crippen molar-refractivity contribution in [3.63, 3.8) is 0 Å². The standard InChI is InChI=1S/C20H26N2O3/c1-15(23)16-8-7-9-18(12-16)25-14-17(24)13-22(4)20-11-6-5-10-19(20)21(2)3/h5-12,17,24H,13-14H2,1-4H3. The molecule has 0 spiro atoms. The minimum Gasteiger partial charge on any atom is -0.491 e. The number of benzene rings is 2. The number of para-hydroxylation sites is 2. The van der Waals surface area contributed by atoms with Gasteiger partial charge in [-0.05, 0) is 31.2 Å². The molecular weight excluding hydrogens is 316 g/mol. The van der Waals surface area contributed by atoms with Crippen molar-refractivity contribution in [3.8, 4) is 5.75 Å². The van der Waals surface area contributed by atoms with Gasteiger partial charge in [0.15, 0.2) is 5.78 Å². The van der Waals surface area contributed by atoms with E-state index in [1.165, 1.54) is 6.92 Å². The van der Waals surface area contributed by atoms with Gasteiger partial charge in [0.2, 0.25) is 0 Å². The van der Waals surface area contributed by atoms with Crippen molar-refractivity contribution in [1.82, 2.24) is 0 Å². The van der Waals surface area contributed by atoms with Crippen LogP contribution in [0.5, 0.6) is 5.75 Å². The van der Waals surface area contributed by atoms with E-state index in [-0.39, 0.29) is 12.4 Å². The highest BCUT2D eigenvalue weighted by molar-refractivity contribution is 5.94. The van der Waals surface area contributed by atoms with Crippen LogP contribution in [0.3, 0.4) is 0 Å². The third kappa shape index (κ3) is 5.22. The molecule has 1 N–H and O–H groups in total. The summed E-state index contributed by atoms with van der Waals surface area (Å²) in [7, 11) is 5.93.